The fourth-order valence-electron chi connectivity index (χ4n) is 1.67. The van der Waals surface area contributed by atoms with E-state index in [0.29, 0.717) is 5.92 Å². The predicted octanol–water partition coefficient (Wildman–Crippen LogP) is 2.35. The first-order chi connectivity index (χ1) is 8.15. The molecule has 94 valence electrons. The average molecular weight is 233 g/mol. The molecule has 0 aliphatic heterocycles. The van der Waals surface area contributed by atoms with Crippen LogP contribution in [0.25, 0.3) is 0 Å². The van der Waals surface area contributed by atoms with Gasteiger partial charge >= 0.3 is 0 Å². The number of aromatic nitrogens is 2. The first kappa shape index (κ1) is 13.8. The van der Waals surface area contributed by atoms with Crippen LogP contribution in [-0.4, -0.2) is 16.3 Å². The van der Waals surface area contributed by atoms with E-state index in [1.165, 1.54) is 11.3 Å². The van der Waals surface area contributed by atoms with Gasteiger partial charge in [-0.1, -0.05) is 13.8 Å². The van der Waals surface area contributed by atoms with Gasteiger partial charge in [-0.25, -0.2) is 0 Å². The molecule has 0 aromatic carbocycles. The topological polar surface area (TPSA) is 29.9 Å². The highest BCUT2D eigenvalue weighted by atomic mass is 15.3. The van der Waals surface area contributed by atoms with Gasteiger partial charge in [0.25, 0.3) is 0 Å². The second kappa shape index (κ2) is 7.13. The van der Waals surface area contributed by atoms with E-state index in [0.717, 1.165) is 26.1 Å². The molecule has 0 amide bonds. The number of nitrogens with zero attached hydrogens (tertiary/aromatic N) is 2. The lowest BCUT2D eigenvalue weighted by Crippen LogP contribution is -2.19. The van der Waals surface area contributed by atoms with E-state index in [9.17, 15) is 0 Å². The van der Waals surface area contributed by atoms with Crippen LogP contribution >= 0.6 is 0 Å². The van der Waals surface area contributed by atoms with Gasteiger partial charge in [0.15, 0.2) is 0 Å². The summed E-state index contributed by atoms with van der Waals surface area (Å²) in [6, 6.07) is 0. The van der Waals surface area contributed by atoms with Crippen LogP contribution in [0.5, 0.6) is 0 Å². The van der Waals surface area contributed by atoms with Gasteiger partial charge < -0.3 is 5.32 Å². The second-order valence-corrected chi connectivity index (χ2v) is 4.68. The Labute approximate surface area is 105 Å². The highest BCUT2D eigenvalue weighted by Crippen LogP contribution is 2.07. The molecule has 0 aliphatic carbocycles. The van der Waals surface area contributed by atoms with Crippen molar-refractivity contribution >= 4 is 0 Å². The van der Waals surface area contributed by atoms with Gasteiger partial charge in [0, 0.05) is 24.2 Å². The highest BCUT2D eigenvalue weighted by Gasteiger charge is 2.05. The van der Waals surface area contributed by atoms with Gasteiger partial charge in [-0.05, 0) is 26.3 Å². The molecule has 1 heterocycles. The minimum Gasteiger partial charge on any atom is -0.312 e. The van der Waals surface area contributed by atoms with Crippen LogP contribution in [0.3, 0.4) is 0 Å². The molecular formula is C14H23N3. The molecule has 0 aliphatic rings. The number of rotatable bonds is 6. The molecule has 0 saturated carbocycles. The van der Waals surface area contributed by atoms with Gasteiger partial charge in [0.1, 0.15) is 0 Å². The molecule has 1 aromatic heterocycles. The summed E-state index contributed by atoms with van der Waals surface area (Å²) in [5.74, 6) is 6.66. The van der Waals surface area contributed by atoms with E-state index in [2.05, 4.69) is 43.0 Å². The van der Waals surface area contributed by atoms with Gasteiger partial charge in [-0.2, -0.15) is 5.10 Å². The van der Waals surface area contributed by atoms with E-state index >= 15 is 0 Å². The largest absolute Gasteiger partial charge is 0.312 e. The van der Waals surface area contributed by atoms with Crippen LogP contribution in [0.2, 0.25) is 0 Å². The maximum Gasteiger partial charge on any atom is 0.0537 e. The summed E-state index contributed by atoms with van der Waals surface area (Å²) in [5, 5.41) is 7.84. The third kappa shape index (κ3) is 4.62. The van der Waals surface area contributed by atoms with E-state index in [1.807, 2.05) is 17.8 Å². The van der Waals surface area contributed by atoms with Crippen molar-refractivity contribution in [1.82, 2.24) is 15.1 Å². The van der Waals surface area contributed by atoms with Crippen molar-refractivity contribution in [1.29, 1.82) is 0 Å². The molecule has 0 unspecified atom stereocenters. The van der Waals surface area contributed by atoms with Gasteiger partial charge in [-0.15, -0.1) is 11.8 Å². The zero-order chi connectivity index (χ0) is 12.7. The van der Waals surface area contributed by atoms with Crippen molar-refractivity contribution < 1.29 is 0 Å². The first-order valence-electron chi connectivity index (χ1n) is 6.26. The summed E-state index contributed by atoms with van der Waals surface area (Å²) in [5.41, 5.74) is 2.54. The Morgan fingerprint density at radius 3 is 2.88 bits per heavy atom. The fraction of sp³-hybridized carbons (Fsp3) is 0.643. The maximum absolute atomic E-state index is 4.39. The average Bonchev–Trinajstić information content (AvgIpc) is 2.61. The number of hydrogen-bond donors (Lipinski definition) is 1. The Bertz CT molecular complexity index is 393. The number of hydrogen-bond acceptors (Lipinski definition) is 2. The van der Waals surface area contributed by atoms with Crippen molar-refractivity contribution in [3.8, 4) is 11.8 Å². The Kier molecular flexibility index (Phi) is 5.79. The lowest BCUT2D eigenvalue weighted by Gasteiger charge is -2.07. The summed E-state index contributed by atoms with van der Waals surface area (Å²) in [6.45, 7) is 11.3. The summed E-state index contributed by atoms with van der Waals surface area (Å²) in [4.78, 5) is 0. The normalized spacial score (nSPS) is 10.4. The van der Waals surface area contributed by atoms with E-state index in [1.54, 1.807) is 0 Å². The third-order valence-corrected chi connectivity index (χ3v) is 2.70. The minimum atomic E-state index is 0.685. The van der Waals surface area contributed by atoms with Gasteiger partial charge in [-0.3, -0.25) is 4.68 Å². The van der Waals surface area contributed by atoms with Crippen molar-refractivity contribution in [2.75, 3.05) is 6.54 Å². The van der Waals surface area contributed by atoms with Crippen molar-refractivity contribution in [2.45, 2.75) is 47.2 Å². The molecule has 0 bridgehead atoms. The lowest BCUT2D eigenvalue weighted by molar-refractivity contribution is 0.550. The maximum atomic E-state index is 4.39. The smallest absolute Gasteiger partial charge is 0.0537 e. The number of nitrogens with one attached hydrogen (secondary N) is 1. The Morgan fingerprint density at radius 2 is 2.24 bits per heavy atom. The third-order valence-electron chi connectivity index (χ3n) is 2.70. The molecule has 1 N–H and O–H groups in total. The molecule has 3 nitrogen and oxygen atoms in total. The van der Waals surface area contributed by atoms with Crippen LogP contribution in [0, 0.1) is 24.7 Å². The molecule has 3 heteroatoms. The Morgan fingerprint density at radius 1 is 1.47 bits per heavy atom. The second-order valence-electron chi connectivity index (χ2n) is 4.68. The lowest BCUT2D eigenvalue weighted by atomic mass is 10.2. The quantitative estimate of drug-likeness (QED) is 0.764. The van der Waals surface area contributed by atoms with Crippen LogP contribution in [0.15, 0.2) is 6.20 Å². The molecule has 17 heavy (non-hydrogen) atoms. The van der Waals surface area contributed by atoms with Gasteiger partial charge in [0.05, 0.1) is 12.7 Å². The Balaban J connectivity index is 2.47. The zero-order valence-electron chi connectivity index (χ0n) is 11.4. The van der Waals surface area contributed by atoms with Crippen LogP contribution in [0.4, 0.5) is 0 Å². The summed E-state index contributed by atoms with van der Waals surface area (Å²) < 4.78 is 2.04. The van der Waals surface area contributed by atoms with Crippen molar-refractivity contribution in [3.63, 3.8) is 0 Å². The molecule has 1 rings (SSSR count). The SMILES string of the molecule is CC#CCCn1ncc(CNCC(C)C)c1C. The summed E-state index contributed by atoms with van der Waals surface area (Å²) >= 11 is 0. The molecular weight excluding hydrogens is 210 g/mol. The first-order valence-corrected chi connectivity index (χ1v) is 6.26. The zero-order valence-corrected chi connectivity index (χ0v) is 11.4. The molecule has 0 atom stereocenters. The van der Waals surface area contributed by atoms with Gasteiger partial charge in [0.2, 0.25) is 0 Å². The predicted molar refractivity (Wildman–Crippen MR) is 71.6 cm³/mol. The highest BCUT2D eigenvalue weighted by molar-refractivity contribution is 5.16. The van der Waals surface area contributed by atoms with Crippen LogP contribution in [-0.2, 0) is 13.1 Å². The van der Waals surface area contributed by atoms with E-state index in [-0.39, 0.29) is 0 Å². The van der Waals surface area contributed by atoms with Crippen molar-refractivity contribution in [2.24, 2.45) is 5.92 Å². The van der Waals surface area contributed by atoms with Crippen LogP contribution in [0.1, 0.15) is 38.4 Å². The number of aryl methyl sites for hydroxylation is 1. The minimum absolute atomic E-state index is 0.685. The Hall–Kier alpha value is -1.27. The molecule has 0 saturated heterocycles. The molecule has 0 fully saturated rings. The monoisotopic (exact) mass is 233 g/mol. The van der Waals surface area contributed by atoms with E-state index < -0.39 is 0 Å². The fourth-order valence-corrected chi connectivity index (χ4v) is 1.67. The molecule has 0 spiro atoms. The molecule has 1 aromatic rings. The van der Waals surface area contributed by atoms with E-state index in [4.69, 9.17) is 0 Å². The summed E-state index contributed by atoms with van der Waals surface area (Å²) in [7, 11) is 0. The standard InChI is InChI=1S/C14H23N3/c1-5-6-7-8-17-13(4)14(11-16-17)10-15-9-12(2)3/h11-12,15H,7-10H2,1-4H3. The van der Waals surface area contributed by atoms with Crippen LogP contribution < -0.4 is 5.32 Å². The van der Waals surface area contributed by atoms with Crippen molar-refractivity contribution in [3.05, 3.63) is 17.5 Å². The molecule has 0 radical (unpaired) electrons. The summed E-state index contributed by atoms with van der Waals surface area (Å²) in [6.07, 6.45) is 2.83.